The molecule has 0 fully saturated rings. The summed E-state index contributed by atoms with van der Waals surface area (Å²) in [5, 5.41) is 3.22. The molecular formula is C42H85N3O5S. The molecule has 0 aliphatic carbocycles. The van der Waals surface area contributed by atoms with Crippen LogP contribution in [0.15, 0.2) is 4.99 Å². The van der Waals surface area contributed by atoms with Crippen LogP contribution in [0.3, 0.4) is 0 Å². The van der Waals surface area contributed by atoms with Crippen molar-refractivity contribution >= 4 is 22.1 Å². The summed E-state index contributed by atoms with van der Waals surface area (Å²) in [5.41, 5.74) is 0. The number of nitrogens with zero attached hydrogens (tertiary/aromatic N) is 2. The van der Waals surface area contributed by atoms with Gasteiger partial charge in [-0.1, -0.05) is 182 Å². The highest BCUT2D eigenvalue weighted by Gasteiger charge is 2.32. The third-order valence-electron chi connectivity index (χ3n) is 10.5. The number of carbonyl (C=O) groups excluding carboxylic acids is 1. The monoisotopic (exact) mass is 744 g/mol. The Hall–Kier alpha value is -1.03. The largest absolute Gasteiger partial charge is 0.726 e. The summed E-state index contributed by atoms with van der Waals surface area (Å²) < 4.78 is 32.0. The Morgan fingerprint density at radius 2 is 1.04 bits per heavy atom. The van der Waals surface area contributed by atoms with Crippen LogP contribution in [-0.2, 0) is 19.4 Å². The molecule has 1 aliphatic rings. The molecule has 1 atom stereocenters. The van der Waals surface area contributed by atoms with E-state index in [0.717, 1.165) is 62.4 Å². The fourth-order valence-corrected chi connectivity index (χ4v) is 7.03. The van der Waals surface area contributed by atoms with E-state index in [1.165, 1.54) is 166 Å². The summed E-state index contributed by atoms with van der Waals surface area (Å²) in [6, 6.07) is 0. The second-order valence-corrected chi connectivity index (χ2v) is 17.6. The van der Waals surface area contributed by atoms with Crippen LogP contribution < -0.4 is 5.32 Å². The first-order chi connectivity index (χ1) is 24.4. The molecule has 1 rings (SSSR count). The van der Waals surface area contributed by atoms with Crippen molar-refractivity contribution in [3.05, 3.63) is 0 Å². The normalized spacial score (nSPS) is 16.1. The van der Waals surface area contributed by atoms with Crippen molar-refractivity contribution in [2.45, 2.75) is 207 Å². The van der Waals surface area contributed by atoms with Crippen LogP contribution in [-0.4, -0.2) is 69.5 Å². The third-order valence-corrected chi connectivity index (χ3v) is 10.9. The van der Waals surface area contributed by atoms with Gasteiger partial charge in [0.2, 0.25) is 16.3 Å². The van der Waals surface area contributed by atoms with Gasteiger partial charge in [0.1, 0.15) is 13.1 Å². The summed E-state index contributed by atoms with van der Waals surface area (Å²) in [5.74, 6) is 3.36. The van der Waals surface area contributed by atoms with Gasteiger partial charge in [-0.3, -0.25) is 13.5 Å². The van der Waals surface area contributed by atoms with Crippen LogP contribution in [0.4, 0.5) is 0 Å². The van der Waals surface area contributed by atoms with Crippen LogP contribution in [0.2, 0.25) is 0 Å². The van der Waals surface area contributed by atoms with E-state index >= 15 is 0 Å². The van der Waals surface area contributed by atoms with Crippen LogP contribution in [0.5, 0.6) is 0 Å². The predicted molar refractivity (Wildman–Crippen MR) is 217 cm³/mol. The number of amides is 1. The van der Waals surface area contributed by atoms with Crippen molar-refractivity contribution in [3.8, 4) is 0 Å². The standard InChI is InChI=1S/C41H81N3O.CH4O4S/c1-38(2)30-26-22-18-14-10-6-8-12-16-20-24-28-32-40-42-34-36-44(40,5)37-35-43-41(45)33-29-25-21-17-13-9-7-11-15-19-23-27-31-39(3)4;1-5-6(2,3)4/h38-39H,6-37H2,1-5H3;1H3,(H,2,3,4). The number of quaternary nitrogens is 1. The van der Waals surface area contributed by atoms with Crippen LogP contribution >= 0.6 is 0 Å². The van der Waals surface area contributed by atoms with Gasteiger partial charge in [-0.2, -0.15) is 0 Å². The van der Waals surface area contributed by atoms with Crippen molar-refractivity contribution in [2.75, 3.05) is 40.3 Å². The van der Waals surface area contributed by atoms with E-state index in [-0.39, 0.29) is 5.91 Å². The maximum absolute atomic E-state index is 12.4. The Morgan fingerprint density at radius 3 is 1.41 bits per heavy atom. The number of hydrogen-bond donors (Lipinski definition) is 1. The first-order valence-corrected chi connectivity index (χ1v) is 22.9. The summed E-state index contributed by atoms with van der Waals surface area (Å²) >= 11 is 0. The van der Waals surface area contributed by atoms with Gasteiger partial charge >= 0.3 is 0 Å². The molecule has 0 spiro atoms. The van der Waals surface area contributed by atoms with E-state index in [1.54, 1.807) is 0 Å². The molecule has 304 valence electrons. The molecule has 0 radical (unpaired) electrons. The molecule has 0 aromatic carbocycles. The fraction of sp³-hybridized carbons (Fsp3) is 0.952. The Morgan fingerprint density at radius 1 is 0.686 bits per heavy atom. The Bertz CT molecular complexity index is 941. The minimum absolute atomic E-state index is 0.245. The quantitative estimate of drug-likeness (QED) is 0.0305. The second-order valence-electron chi connectivity index (χ2n) is 16.4. The highest BCUT2D eigenvalue weighted by atomic mass is 32.3. The molecule has 0 saturated heterocycles. The Balaban J connectivity index is 0.00000381. The van der Waals surface area contributed by atoms with Crippen molar-refractivity contribution in [2.24, 2.45) is 16.8 Å². The van der Waals surface area contributed by atoms with E-state index in [1.807, 2.05) is 0 Å². The molecule has 51 heavy (non-hydrogen) atoms. The van der Waals surface area contributed by atoms with Gasteiger partial charge in [0.05, 0.1) is 27.2 Å². The molecule has 1 unspecified atom stereocenters. The second kappa shape index (κ2) is 33.5. The molecule has 0 bridgehead atoms. The average Bonchev–Trinajstić information content (AvgIpc) is 3.44. The zero-order chi connectivity index (χ0) is 38.1. The van der Waals surface area contributed by atoms with E-state index < -0.39 is 10.4 Å². The van der Waals surface area contributed by atoms with Gasteiger partial charge in [-0.25, -0.2) is 13.4 Å². The molecule has 0 saturated carbocycles. The van der Waals surface area contributed by atoms with Gasteiger partial charge < -0.3 is 9.87 Å². The molecule has 1 aliphatic heterocycles. The lowest BCUT2D eigenvalue weighted by Gasteiger charge is -2.30. The predicted octanol–water partition coefficient (Wildman–Crippen LogP) is 11.3. The fourth-order valence-electron chi connectivity index (χ4n) is 7.03. The SMILES string of the molecule is CC(C)CCCCCCCCCCCCCCC(=O)NCC[N+]1(C)CCN=C1CCCCCCCCCCCCCCC(C)C.COS(=O)(=O)[O-]. The number of carbonyl (C=O) groups is 1. The Labute approximate surface area is 317 Å². The zero-order valence-corrected chi connectivity index (χ0v) is 35.4. The third kappa shape index (κ3) is 34.5. The molecular weight excluding hydrogens is 659 g/mol. The van der Waals surface area contributed by atoms with Crippen molar-refractivity contribution < 1.29 is 26.4 Å². The van der Waals surface area contributed by atoms with Gasteiger partial charge in [0.15, 0.2) is 5.84 Å². The van der Waals surface area contributed by atoms with Crippen LogP contribution in [0, 0.1) is 11.8 Å². The van der Waals surface area contributed by atoms with E-state index in [4.69, 9.17) is 4.99 Å². The summed E-state index contributed by atoms with van der Waals surface area (Å²) in [4.78, 5) is 17.3. The van der Waals surface area contributed by atoms with E-state index in [0.29, 0.717) is 6.42 Å². The maximum atomic E-state index is 12.4. The number of rotatable bonds is 34. The van der Waals surface area contributed by atoms with Gasteiger partial charge in [0.25, 0.3) is 0 Å². The van der Waals surface area contributed by atoms with Gasteiger partial charge in [-0.05, 0) is 24.7 Å². The highest BCUT2D eigenvalue weighted by Crippen LogP contribution is 2.19. The molecule has 9 heteroatoms. The number of nitrogens with one attached hydrogen (secondary N) is 1. The van der Waals surface area contributed by atoms with E-state index in [2.05, 4.69) is 44.2 Å². The average molecular weight is 744 g/mol. The molecule has 1 amide bonds. The number of likely N-dealkylation sites (N-methyl/N-ethyl adjacent to an activating group) is 1. The number of amidine groups is 1. The lowest BCUT2D eigenvalue weighted by molar-refractivity contribution is -0.814. The number of aliphatic imine (C=N–C) groups is 1. The minimum atomic E-state index is -4.41. The van der Waals surface area contributed by atoms with Gasteiger partial charge in [0, 0.05) is 12.8 Å². The zero-order valence-electron chi connectivity index (χ0n) is 34.6. The topological polar surface area (TPSA) is 108 Å². The minimum Gasteiger partial charge on any atom is -0.726 e. The lowest BCUT2D eigenvalue weighted by atomic mass is 10.0. The van der Waals surface area contributed by atoms with Gasteiger partial charge in [-0.15, -0.1) is 0 Å². The van der Waals surface area contributed by atoms with Crippen molar-refractivity contribution in [1.29, 1.82) is 0 Å². The first-order valence-electron chi connectivity index (χ1n) is 21.6. The summed E-state index contributed by atoms with van der Waals surface area (Å²) in [6.07, 6.45) is 37.7. The lowest BCUT2D eigenvalue weighted by Crippen LogP contribution is -2.51. The highest BCUT2D eigenvalue weighted by molar-refractivity contribution is 7.80. The molecule has 0 aromatic rings. The molecule has 1 N–H and O–H groups in total. The van der Waals surface area contributed by atoms with Crippen molar-refractivity contribution in [3.63, 3.8) is 0 Å². The maximum Gasteiger partial charge on any atom is 0.220 e. The molecule has 0 aromatic heterocycles. The van der Waals surface area contributed by atoms with Crippen LogP contribution in [0.1, 0.15) is 207 Å². The molecule has 8 nitrogen and oxygen atoms in total. The summed E-state index contributed by atoms with van der Waals surface area (Å²) in [6.45, 7) is 13.2. The Kier molecular flexibility index (Phi) is 32.9. The molecule has 1 heterocycles. The van der Waals surface area contributed by atoms with Crippen molar-refractivity contribution in [1.82, 2.24) is 5.32 Å². The van der Waals surface area contributed by atoms with Crippen LogP contribution in [0.25, 0.3) is 0 Å². The number of hydrogen-bond acceptors (Lipinski definition) is 6. The summed E-state index contributed by atoms with van der Waals surface area (Å²) in [7, 11) is -1.27. The van der Waals surface area contributed by atoms with E-state index in [9.17, 15) is 17.8 Å². The first kappa shape index (κ1) is 50.0. The smallest absolute Gasteiger partial charge is 0.220 e. The number of unbranched alkanes of at least 4 members (excludes halogenated alkanes) is 22.